The van der Waals surface area contributed by atoms with Gasteiger partial charge in [-0.15, -0.1) is 0 Å². The van der Waals surface area contributed by atoms with Gasteiger partial charge in [0.2, 0.25) is 0 Å². The number of hydrogen-bond donors (Lipinski definition) is 2. The summed E-state index contributed by atoms with van der Waals surface area (Å²) in [6, 6.07) is 4.59. The highest BCUT2D eigenvalue weighted by molar-refractivity contribution is 5.99. The second-order valence-electron chi connectivity index (χ2n) is 3.26. The summed E-state index contributed by atoms with van der Waals surface area (Å²) in [5.74, 6) is -0.793. The van der Waals surface area contributed by atoms with Gasteiger partial charge in [-0.2, -0.15) is 0 Å². The van der Waals surface area contributed by atoms with Gasteiger partial charge in [0, 0.05) is 7.11 Å². The molecule has 0 saturated carbocycles. The van der Waals surface area contributed by atoms with Crippen LogP contribution >= 0.6 is 0 Å². The molecule has 1 unspecified atom stereocenters. The molecule has 1 atom stereocenters. The van der Waals surface area contributed by atoms with E-state index in [1.165, 1.54) is 13.2 Å². The van der Waals surface area contributed by atoms with Gasteiger partial charge < -0.3 is 15.4 Å². The maximum Gasteiger partial charge on any atom is 0.255 e. The number of fused-ring (bicyclic) bond motifs is 1. The van der Waals surface area contributed by atoms with Crippen molar-refractivity contribution in [3.63, 3.8) is 0 Å². The van der Waals surface area contributed by atoms with Crippen LogP contribution in [0.3, 0.4) is 0 Å². The van der Waals surface area contributed by atoms with Crippen molar-refractivity contribution in [3.8, 4) is 0 Å². The van der Waals surface area contributed by atoms with E-state index in [4.69, 9.17) is 4.74 Å². The summed E-state index contributed by atoms with van der Waals surface area (Å²) in [5.41, 5.74) is 0.755. The lowest BCUT2D eigenvalue weighted by atomic mass is 10.2. The first kappa shape index (κ1) is 9.92. The Bertz CT molecular complexity index is 395. The molecule has 1 aliphatic heterocycles. The van der Waals surface area contributed by atoms with Crippen LogP contribution in [-0.2, 0) is 9.53 Å². The molecule has 1 aromatic carbocycles. The van der Waals surface area contributed by atoms with Gasteiger partial charge >= 0.3 is 0 Å². The highest BCUT2D eigenvalue weighted by atomic mass is 19.1. The lowest BCUT2D eigenvalue weighted by Gasteiger charge is -2.10. The van der Waals surface area contributed by atoms with E-state index < -0.39 is 11.9 Å². The van der Waals surface area contributed by atoms with E-state index in [0.29, 0.717) is 12.2 Å². The Labute approximate surface area is 86.4 Å². The topological polar surface area (TPSA) is 50.4 Å². The van der Waals surface area contributed by atoms with Crippen LogP contribution in [0.5, 0.6) is 0 Å². The van der Waals surface area contributed by atoms with Crippen molar-refractivity contribution < 1.29 is 13.9 Å². The molecule has 0 aliphatic carbocycles. The summed E-state index contributed by atoms with van der Waals surface area (Å²) in [7, 11) is 1.44. The van der Waals surface area contributed by atoms with E-state index in [0.717, 1.165) is 0 Å². The fourth-order valence-corrected chi connectivity index (χ4v) is 1.49. The first-order chi connectivity index (χ1) is 7.22. The molecule has 5 heteroatoms. The van der Waals surface area contributed by atoms with E-state index in [1.54, 1.807) is 12.1 Å². The van der Waals surface area contributed by atoms with Crippen LogP contribution in [0.1, 0.15) is 0 Å². The van der Waals surface area contributed by atoms with Crippen LogP contribution in [-0.4, -0.2) is 25.7 Å². The molecular formula is C10H11FN2O2. The molecule has 80 valence electrons. The normalized spacial score (nSPS) is 19.9. The smallest absolute Gasteiger partial charge is 0.255 e. The molecule has 4 nitrogen and oxygen atoms in total. The number of hydrogen-bond acceptors (Lipinski definition) is 3. The number of halogens is 1. The van der Waals surface area contributed by atoms with Gasteiger partial charge in [-0.1, -0.05) is 6.07 Å². The van der Waals surface area contributed by atoms with Gasteiger partial charge in [0.05, 0.1) is 12.2 Å². The summed E-state index contributed by atoms with van der Waals surface area (Å²) in [6.45, 7) is 0.332. The fraction of sp³-hybridized carbons (Fsp3) is 0.300. The third kappa shape index (κ3) is 1.78. The molecule has 2 rings (SSSR count). The van der Waals surface area contributed by atoms with Crippen molar-refractivity contribution >= 4 is 17.3 Å². The summed E-state index contributed by atoms with van der Waals surface area (Å²) in [6.07, 6.45) is -0.600. The molecule has 1 aromatic rings. The predicted molar refractivity (Wildman–Crippen MR) is 54.3 cm³/mol. The molecule has 0 spiro atoms. The van der Waals surface area contributed by atoms with Crippen LogP contribution in [0.25, 0.3) is 0 Å². The molecule has 0 aromatic heterocycles. The van der Waals surface area contributed by atoms with Crippen LogP contribution in [0, 0.1) is 5.82 Å². The SMILES string of the molecule is COC1CNc2cccc(F)c2NC1=O. The Balaban J connectivity index is 2.36. The van der Waals surface area contributed by atoms with Gasteiger partial charge in [0.25, 0.3) is 5.91 Å². The average molecular weight is 210 g/mol. The van der Waals surface area contributed by atoms with E-state index in [2.05, 4.69) is 10.6 Å². The monoisotopic (exact) mass is 210 g/mol. The number of methoxy groups -OCH3 is 1. The molecule has 1 heterocycles. The lowest BCUT2D eigenvalue weighted by molar-refractivity contribution is -0.124. The number of ether oxygens (including phenoxy) is 1. The van der Waals surface area contributed by atoms with Gasteiger partial charge in [0.1, 0.15) is 11.5 Å². The maximum atomic E-state index is 13.4. The van der Waals surface area contributed by atoms with Gasteiger partial charge in [0.15, 0.2) is 6.10 Å². The number of benzene rings is 1. The van der Waals surface area contributed by atoms with Gasteiger partial charge in [-0.3, -0.25) is 4.79 Å². The van der Waals surface area contributed by atoms with Gasteiger partial charge in [-0.05, 0) is 12.1 Å². The summed E-state index contributed by atoms with van der Waals surface area (Å²) >= 11 is 0. The number of amides is 1. The molecule has 1 amide bonds. The third-order valence-electron chi connectivity index (χ3n) is 2.32. The number of rotatable bonds is 1. The minimum Gasteiger partial charge on any atom is -0.380 e. The first-order valence-corrected chi connectivity index (χ1v) is 4.58. The molecule has 0 saturated heterocycles. The van der Waals surface area contributed by atoms with Crippen molar-refractivity contribution in [2.24, 2.45) is 0 Å². The van der Waals surface area contributed by atoms with Crippen LogP contribution in [0.2, 0.25) is 0 Å². The fourth-order valence-electron chi connectivity index (χ4n) is 1.49. The van der Waals surface area contributed by atoms with Crippen molar-refractivity contribution in [1.29, 1.82) is 0 Å². The maximum absolute atomic E-state index is 13.4. The second-order valence-corrected chi connectivity index (χ2v) is 3.26. The van der Waals surface area contributed by atoms with Gasteiger partial charge in [-0.25, -0.2) is 4.39 Å². The molecule has 0 bridgehead atoms. The minimum atomic E-state index is -0.600. The number of nitrogens with one attached hydrogen (secondary N) is 2. The largest absolute Gasteiger partial charge is 0.380 e. The Kier molecular flexibility index (Phi) is 2.55. The number of para-hydroxylation sites is 1. The molecule has 0 radical (unpaired) electrons. The van der Waals surface area contributed by atoms with Crippen LogP contribution < -0.4 is 10.6 Å². The zero-order valence-corrected chi connectivity index (χ0v) is 8.21. The molecule has 1 aliphatic rings. The number of carbonyl (C=O) groups excluding carboxylic acids is 1. The van der Waals surface area contributed by atoms with Crippen LogP contribution in [0.4, 0.5) is 15.8 Å². The number of carbonyl (C=O) groups is 1. The third-order valence-corrected chi connectivity index (χ3v) is 2.32. The quantitative estimate of drug-likeness (QED) is 0.732. The first-order valence-electron chi connectivity index (χ1n) is 4.58. The second kappa shape index (κ2) is 3.86. The predicted octanol–water partition coefficient (Wildman–Crippen LogP) is 1.20. The highest BCUT2D eigenvalue weighted by Gasteiger charge is 2.24. The summed E-state index contributed by atoms with van der Waals surface area (Å²) < 4.78 is 18.3. The summed E-state index contributed by atoms with van der Waals surface area (Å²) in [4.78, 5) is 11.5. The Morgan fingerprint density at radius 1 is 1.53 bits per heavy atom. The zero-order valence-electron chi connectivity index (χ0n) is 8.21. The van der Waals surface area contributed by atoms with Crippen molar-refractivity contribution in [2.75, 3.05) is 24.3 Å². The standard InChI is InChI=1S/C10H11FN2O2/c1-15-8-5-12-7-4-2-3-6(11)9(7)13-10(8)14/h2-4,8,12H,5H2,1H3,(H,13,14). The van der Waals surface area contributed by atoms with E-state index in [-0.39, 0.29) is 11.6 Å². The van der Waals surface area contributed by atoms with Crippen molar-refractivity contribution in [3.05, 3.63) is 24.0 Å². The Morgan fingerprint density at radius 3 is 3.07 bits per heavy atom. The van der Waals surface area contributed by atoms with Crippen molar-refractivity contribution in [1.82, 2.24) is 0 Å². The molecule has 15 heavy (non-hydrogen) atoms. The Hall–Kier alpha value is -1.62. The van der Waals surface area contributed by atoms with Crippen molar-refractivity contribution in [2.45, 2.75) is 6.10 Å². The minimum absolute atomic E-state index is 0.182. The number of anilines is 2. The van der Waals surface area contributed by atoms with Crippen LogP contribution in [0.15, 0.2) is 18.2 Å². The average Bonchev–Trinajstić information content (AvgIpc) is 2.38. The Morgan fingerprint density at radius 2 is 2.33 bits per heavy atom. The summed E-state index contributed by atoms with van der Waals surface area (Å²) in [5, 5.41) is 5.44. The molecule has 2 N–H and O–H groups in total. The van der Waals surface area contributed by atoms with E-state index in [9.17, 15) is 9.18 Å². The highest BCUT2D eigenvalue weighted by Crippen LogP contribution is 2.27. The molecular weight excluding hydrogens is 199 g/mol. The van der Waals surface area contributed by atoms with E-state index >= 15 is 0 Å². The molecule has 0 fully saturated rings. The lowest BCUT2D eigenvalue weighted by Crippen LogP contribution is -2.32. The zero-order chi connectivity index (χ0) is 10.8. The van der Waals surface area contributed by atoms with E-state index in [1.807, 2.05) is 0 Å².